The van der Waals surface area contributed by atoms with Crippen LogP contribution < -0.4 is 14.4 Å². The van der Waals surface area contributed by atoms with Gasteiger partial charge in [-0.2, -0.15) is 0 Å². The highest BCUT2D eigenvalue weighted by molar-refractivity contribution is 7.92. The molecule has 0 saturated carbocycles. The summed E-state index contributed by atoms with van der Waals surface area (Å²) in [7, 11) is -0.327. The molecule has 0 N–H and O–H groups in total. The van der Waals surface area contributed by atoms with Crippen LogP contribution in [0.5, 0.6) is 11.5 Å². The summed E-state index contributed by atoms with van der Waals surface area (Å²) in [5.74, 6) is 1.44. The summed E-state index contributed by atoms with van der Waals surface area (Å²) >= 11 is 13.7. The minimum absolute atomic E-state index is 0.103. The number of nitrogens with zero attached hydrogens (tertiary/aromatic N) is 2. The van der Waals surface area contributed by atoms with E-state index < -0.39 is 15.1 Å². The minimum atomic E-state index is -3.57. The number of anilines is 1. The van der Waals surface area contributed by atoms with E-state index in [4.69, 9.17) is 37.7 Å². The fourth-order valence-electron chi connectivity index (χ4n) is 3.78. The Hall–Kier alpha value is -2.00. The summed E-state index contributed by atoms with van der Waals surface area (Å²) in [6.07, 6.45) is 0.977. The lowest BCUT2D eigenvalue weighted by molar-refractivity contribution is 0.404. The van der Waals surface area contributed by atoms with E-state index in [-0.39, 0.29) is 9.92 Å². The molecule has 10 heteroatoms. The first-order valence-electron chi connectivity index (χ1n) is 9.95. The van der Waals surface area contributed by atoms with E-state index in [1.165, 1.54) is 23.5 Å². The molecule has 32 heavy (non-hydrogen) atoms. The lowest BCUT2D eigenvalue weighted by Gasteiger charge is -2.31. The lowest BCUT2D eigenvalue weighted by Crippen LogP contribution is -2.39. The predicted molar refractivity (Wildman–Crippen MR) is 130 cm³/mol. The normalized spacial score (nSPS) is 15.1. The van der Waals surface area contributed by atoms with Crippen LogP contribution in [-0.2, 0) is 9.84 Å². The Morgan fingerprint density at radius 1 is 1.06 bits per heavy atom. The average molecular weight is 513 g/mol. The van der Waals surface area contributed by atoms with Crippen LogP contribution in [0.3, 0.4) is 0 Å². The van der Waals surface area contributed by atoms with E-state index in [2.05, 4.69) is 4.90 Å². The summed E-state index contributed by atoms with van der Waals surface area (Å²) in [6, 6.07) is 10.1. The molecule has 0 aliphatic carbocycles. The van der Waals surface area contributed by atoms with Gasteiger partial charge in [-0.05, 0) is 49.2 Å². The van der Waals surface area contributed by atoms with E-state index >= 15 is 0 Å². The molecule has 6 nitrogen and oxygen atoms in total. The number of rotatable bonds is 6. The molecule has 0 radical (unpaired) electrons. The maximum Gasteiger partial charge on any atom is 0.185 e. The van der Waals surface area contributed by atoms with Crippen molar-refractivity contribution in [3.05, 3.63) is 51.8 Å². The van der Waals surface area contributed by atoms with Crippen LogP contribution in [0, 0.1) is 0 Å². The molecule has 1 aliphatic heterocycles. The lowest BCUT2D eigenvalue weighted by atomic mass is 10.1. The van der Waals surface area contributed by atoms with Gasteiger partial charge in [0.25, 0.3) is 0 Å². The first kappa shape index (κ1) is 23.2. The first-order valence-corrected chi connectivity index (χ1v) is 13.1. The third-order valence-electron chi connectivity index (χ3n) is 5.53. The van der Waals surface area contributed by atoms with Gasteiger partial charge in [0.2, 0.25) is 0 Å². The van der Waals surface area contributed by atoms with Gasteiger partial charge in [0, 0.05) is 29.1 Å². The van der Waals surface area contributed by atoms with Crippen LogP contribution in [0.2, 0.25) is 10.0 Å². The molecule has 0 amide bonds. The first-order chi connectivity index (χ1) is 15.3. The molecular weight excluding hydrogens is 491 g/mol. The van der Waals surface area contributed by atoms with Gasteiger partial charge in [-0.15, -0.1) is 11.3 Å². The molecule has 0 atom stereocenters. The van der Waals surface area contributed by atoms with E-state index in [0.29, 0.717) is 36.7 Å². The molecule has 1 fully saturated rings. The minimum Gasteiger partial charge on any atom is -0.497 e. The van der Waals surface area contributed by atoms with Crippen LogP contribution in [0.1, 0.15) is 12.8 Å². The number of aromatic nitrogens is 1. The number of hydrogen-bond acceptors (Lipinski definition) is 7. The quantitative estimate of drug-likeness (QED) is 0.429. The molecule has 1 saturated heterocycles. The molecule has 0 spiro atoms. The highest BCUT2D eigenvalue weighted by atomic mass is 35.5. The Balaban J connectivity index is 1.50. The number of thiazole rings is 1. The van der Waals surface area contributed by atoms with Crippen molar-refractivity contribution in [3.63, 3.8) is 0 Å². The molecule has 3 aromatic rings. The van der Waals surface area contributed by atoms with Crippen LogP contribution in [0.25, 0.3) is 11.3 Å². The second-order valence-corrected chi connectivity index (χ2v) is 11.3. The number of sulfone groups is 1. The SMILES string of the molecule is COc1ccc(OC)c(-c2csc(N3CCC(S(=O)(=O)c4cc(Cl)ccc4Cl)CC3)n2)c1. The molecule has 0 bridgehead atoms. The van der Waals surface area contributed by atoms with Crippen molar-refractivity contribution in [1.29, 1.82) is 0 Å². The Morgan fingerprint density at radius 2 is 1.81 bits per heavy atom. The van der Waals surface area contributed by atoms with Crippen molar-refractivity contribution in [3.8, 4) is 22.8 Å². The largest absolute Gasteiger partial charge is 0.497 e. The molecule has 1 aliphatic rings. The third-order valence-corrected chi connectivity index (χ3v) is 9.40. The van der Waals surface area contributed by atoms with Crippen LogP contribution in [0.4, 0.5) is 5.13 Å². The van der Waals surface area contributed by atoms with Crippen LogP contribution in [0.15, 0.2) is 46.7 Å². The number of piperidine rings is 1. The summed E-state index contributed by atoms with van der Waals surface area (Å²) in [4.78, 5) is 7.00. The maximum atomic E-state index is 13.1. The van der Waals surface area contributed by atoms with Gasteiger partial charge in [-0.25, -0.2) is 13.4 Å². The molecule has 4 rings (SSSR count). The predicted octanol–water partition coefficient (Wildman–Crippen LogP) is 5.58. The zero-order valence-corrected chi connectivity index (χ0v) is 20.7. The summed E-state index contributed by atoms with van der Waals surface area (Å²) in [5, 5.41) is 2.87. The van der Waals surface area contributed by atoms with Gasteiger partial charge >= 0.3 is 0 Å². The molecule has 2 aromatic carbocycles. The Labute approximate surface area is 201 Å². The summed E-state index contributed by atoms with van der Waals surface area (Å²) in [5.41, 5.74) is 1.64. The topological polar surface area (TPSA) is 68.7 Å². The zero-order valence-electron chi connectivity index (χ0n) is 17.5. The van der Waals surface area contributed by atoms with Crippen molar-refractivity contribution in [2.24, 2.45) is 0 Å². The number of ether oxygens (including phenoxy) is 2. The fourth-order valence-corrected chi connectivity index (χ4v) is 7.16. The number of methoxy groups -OCH3 is 2. The second-order valence-electron chi connectivity index (χ2n) is 7.39. The highest BCUT2D eigenvalue weighted by Crippen LogP contribution is 2.37. The number of benzene rings is 2. The van der Waals surface area contributed by atoms with E-state index in [1.54, 1.807) is 20.3 Å². The Morgan fingerprint density at radius 3 is 2.50 bits per heavy atom. The Bertz CT molecular complexity index is 1220. The number of halogens is 2. The van der Waals surface area contributed by atoms with Gasteiger partial charge in [-0.3, -0.25) is 0 Å². The summed E-state index contributed by atoms with van der Waals surface area (Å²) in [6.45, 7) is 1.18. The van der Waals surface area contributed by atoms with Gasteiger partial charge in [0.15, 0.2) is 15.0 Å². The molecule has 0 unspecified atom stereocenters. The van der Waals surface area contributed by atoms with Crippen molar-refractivity contribution < 1.29 is 17.9 Å². The van der Waals surface area contributed by atoms with Gasteiger partial charge in [-0.1, -0.05) is 23.2 Å². The van der Waals surface area contributed by atoms with Crippen molar-refractivity contribution in [1.82, 2.24) is 4.98 Å². The number of hydrogen-bond donors (Lipinski definition) is 0. The van der Waals surface area contributed by atoms with Gasteiger partial charge in [0.05, 0.1) is 35.1 Å². The standard InChI is InChI=1S/C22H22Cl2N2O4S2/c1-29-15-4-6-20(30-2)17(12-15)19-13-31-22(25-19)26-9-7-16(8-10-26)32(27,28)21-11-14(23)3-5-18(21)24/h3-6,11-13,16H,7-10H2,1-2H3. The van der Waals surface area contributed by atoms with E-state index in [9.17, 15) is 8.42 Å². The Kier molecular flexibility index (Phi) is 6.86. The van der Waals surface area contributed by atoms with Crippen LogP contribution in [-0.4, -0.2) is 46.0 Å². The van der Waals surface area contributed by atoms with Crippen molar-refractivity contribution in [2.75, 3.05) is 32.2 Å². The fraction of sp³-hybridized carbons (Fsp3) is 0.318. The molecule has 2 heterocycles. The van der Waals surface area contributed by atoms with Crippen LogP contribution >= 0.6 is 34.5 Å². The summed E-state index contributed by atoms with van der Waals surface area (Å²) < 4.78 is 37.1. The van der Waals surface area contributed by atoms with Gasteiger partial charge < -0.3 is 14.4 Å². The van der Waals surface area contributed by atoms with Crippen molar-refractivity contribution >= 4 is 49.5 Å². The zero-order chi connectivity index (χ0) is 22.9. The maximum absolute atomic E-state index is 13.1. The van der Waals surface area contributed by atoms with Crippen molar-refractivity contribution in [2.45, 2.75) is 23.0 Å². The molecule has 1 aromatic heterocycles. The van der Waals surface area contributed by atoms with E-state index in [1.807, 2.05) is 23.6 Å². The van der Waals surface area contributed by atoms with Gasteiger partial charge in [0.1, 0.15) is 11.5 Å². The third kappa shape index (κ3) is 4.55. The second kappa shape index (κ2) is 9.47. The molecular formula is C22H22Cl2N2O4S2. The highest BCUT2D eigenvalue weighted by Gasteiger charge is 2.33. The molecule has 170 valence electrons. The average Bonchev–Trinajstić information content (AvgIpc) is 3.30. The van der Waals surface area contributed by atoms with E-state index in [0.717, 1.165) is 22.1 Å². The monoisotopic (exact) mass is 512 g/mol. The smallest absolute Gasteiger partial charge is 0.185 e.